The summed E-state index contributed by atoms with van der Waals surface area (Å²) < 4.78 is 0. The van der Waals surface area contributed by atoms with E-state index in [9.17, 15) is 0 Å². The van der Waals surface area contributed by atoms with Crippen molar-refractivity contribution >= 4 is 5.71 Å². The molecule has 0 bridgehead atoms. The minimum absolute atomic E-state index is 0.209. The molecule has 1 aliphatic heterocycles. The van der Waals surface area contributed by atoms with Crippen LogP contribution in [0.25, 0.3) is 0 Å². The van der Waals surface area contributed by atoms with E-state index >= 15 is 0 Å². The van der Waals surface area contributed by atoms with Gasteiger partial charge in [-0.3, -0.25) is 0 Å². The highest BCUT2D eigenvalue weighted by Crippen LogP contribution is 2.22. The lowest BCUT2D eigenvalue weighted by Crippen LogP contribution is -2.40. The fourth-order valence-corrected chi connectivity index (χ4v) is 2.26. The number of oxime groups is 1. The Labute approximate surface area is 104 Å². The molecule has 1 atom stereocenters. The van der Waals surface area contributed by atoms with Crippen molar-refractivity contribution in [2.75, 3.05) is 19.6 Å². The van der Waals surface area contributed by atoms with E-state index in [1.165, 1.54) is 0 Å². The van der Waals surface area contributed by atoms with Gasteiger partial charge in [-0.05, 0) is 33.2 Å². The van der Waals surface area contributed by atoms with Crippen LogP contribution in [0.2, 0.25) is 0 Å². The Kier molecular flexibility index (Phi) is 4.95. The maximum Gasteiger partial charge on any atom is 0.0683 e. The summed E-state index contributed by atoms with van der Waals surface area (Å²) in [4.78, 5) is 2.40. The highest BCUT2D eigenvalue weighted by Gasteiger charge is 2.23. The van der Waals surface area contributed by atoms with E-state index in [0.717, 1.165) is 44.6 Å². The van der Waals surface area contributed by atoms with E-state index in [2.05, 4.69) is 23.0 Å². The summed E-state index contributed by atoms with van der Waals surface area (Å²) in [6, 6.07) is 2.33. The van der Waals surface area contributed by atoms with Crippen LogP contribution in [0, 0.1) is 22.7 Å². The van der Waals surface area contributed by atoms with E-state index in [0.29, 0.717) is 5.92 Å². The van der Waals surface area contributed by atoms with Crippen molar-refractivity contribution in [1.82, 2.24) is 4.90 Å². The van der Waals surface area contributed by atoms with Crippen LogP contribution >= 0.6 is 0 Å². The summed E-state index contributed by atoms with van der Waals surface area (Å²) in [5.41, 5.74) is 0.706. The molecule has 96 valence electrons. The topological polar surface area (TPSA) is 59.6 Å². The Bertz CT molecular complexity index is 317. The second-order valence-corrected chi connectivity index (χ2v) is 5.64. The smallest absolute Gasteiger partial charge is 0.0683 e. The fourth-order valence-electron chi connectivity index (χ4n) is 2.26. The van der Waals surface area contributed by atoms with Crippen LogP contribution in [0.3, 0.4) is 0 Å². The maximum atomic E-state index is 8.93. The van der Waals surface area contributed by atoms with Gasteiger partial charge in [-0.25, -0.2) is 0 Å². The largest absolute Gasteiger partial charge is 0.411 e. The zero-order valence-corrected chi connectivity index (χ0v) is 11.1. The van der Waals surface area contributed by atoms with Gasteiger partial charge in [-0.1, -0.05) is 12.1 Å². The molecule has 4 nitrogen and oxygen atoms in total. The Morgan fingerprint density at radius 1 is 1.59 bits per heavy atom. The zero-order valence-electron chi connectivity index (χ0n) is 11.1. The van der Waals surface area contributed by atoms with Crippen LogP contribution in [-0.2, 0) is 0 Å². The first-order valence-electron chi connectivity index (χ1n) is 6.33. The number of hydrogen-bond donors (Lipinski definition) is 1. The first-order valence-corrected chi connectivity index (χ1v) is 6.33. The molecule has 0 radical (unpaired) electrons. The molecule has 1 aliphatic rings. The maximum absolute atomic E-state index is 8.93. The summed E-state index contributed by atoms with van der Waals surface area (Å²) in [6.45, 7) is 9.04. The average Bonchev–Trinajstić information content (AvgIpc) is 2.29. The van der Waals surface area contributed by atoms with Gasteiger partial charge in [0.1, 0.15) is 0 Å². The Morgan fingerprint density at radius 2 is 2.29 bits per heavy atom. The molecule has 0 saturated carbocycles. The van der Waals surface area contributed by atoms with E-state index in [1.807, 2.05) is 13.8 Å². The molecule has 4 heteroatoms. The minimum atomic E-state index is -0.209. The molecule has 0 amide bonds. The molecule has 0 aliphatic carbocycles. The van der Waals surface area contributed by atoms with Crippen LogP contribution in [0.1, 0.15) is 40.0 Å². The molecule has 17 heavy (non-hydrogen) atoms. The molecular formula is C13H23N3O. The summed E-state index contributed by atoms with van der Waals surface area (Å²) in [7, 11) is 0. The van der Waals surface area contributed by atoms with Gasteiger partial charge in [-0.2, -0.15) is 5.26 Å². The van der Waals surface area contributed by atoms with Gasteiger partial charge >= 0.3 is 0 Å². The van der Waals surface area contributed by atoms with Gasteiger partial charge in [0.15, 0.2) is 0 Å². The van der Waals surface area contributed by atoms with Gasteiger partial charge in [-0.15, -0.1) is 0 Å². The van der Waals surface area contributed by atoms with E-state index in [1.54, 1.807) is 0 Å². The lowest BCUT2D eigenvalue weighted by Gasteiger charge is -2.31. The van der Waals surface area contributed by atoms with Crippen LogP contribution in [0.5, 0.6) is 0 Å². The van der Waals surface area contributed by atoms with Gasteiger partial charge in [0.25, 0.3) is 0 Å². The van der Waals surface area contributed by atoms with Gasteiger partial charge in [0, 0.05) is 25.4 Å². The van der Waals surface area contributed by atoms with Crippen LogP contribution < -0.4 is 0 Å². The second-order valence-electron chi connectivity index (χ2n) is 5.64. The molecule has 0 spiro atoms. The standard InChI is InChI=1S/C13H23N3O/c1-11-9-16(8-5-12(11)15-17)7-4-6-13(2,3)10-14/h11,17H,4-9H2,1-3H3. The first-order chi connectivity index (χ1) is 7.98. The highest BCUT2D eigenvalue weighted by atomic mass is 16.4. The lowest BCUT2D eigenvalue weighted by molar-refractivity contribution is 0.224. The predicted molar refractivity (Wildman–Crippen MR) is 68.1 cm³/mol. The summed E-state index contributed by atoms with van der Waals surface area (Å²) in [6.07, 6.45) is 2.85. The Morgan fingerprint density at radius 3 is 2.82 bits per heavy atom. The van der Waals surface area contributed by atoms with E-state index in [-0.39, 0.29) is 5.41 Å². The molecule has 1 unspecified atom stereocenters. The van der Waals surface area contributed by atoms with Crippen LogP contribution in [-0.4, -0.2) is 35.5 Å². The molecule has 1 N–H and O–H groups in total. The lowest BCUT2D eigenvalue weighted by atomic mass is 9.89. The third kappa shape index (κ3) is 4.35. The Balaban J connectivity index is 2.29. The minimum Gasteiger partial charge on any atom is -0.411 e. The highest BCUT2D eigenvalue weighted by molar-refractivity contribution is 5.86. The van der Waals surface area contributed by atoms with Gasteiger partial charge in [0.05, 0.1) is 17.2 Å². The number of hydrogen-bond acceptors (Lipinski definition) is 4. The number of likely N-dealkylation sites (tertiary alicyclic amines) is 1. The van der Waals surface area contributed by atoms with Gasteiger partial charge in [0.2, 0.25) is 0 Å². The van der Waals surface area contributed by atoms with Gasteiger partial charge < -0.3 is 10.1 Å². The molecule has 1 fully saturated rings. The molecular weight excluding hydrogens is 214 g/mol. The van der Waals surface area contributed by atoms with E-state index < -0.39 is 0 Å². The van der Waals surface area contributed by atoms with Crippen molar-refractivity contribution < 1.29 is 5.21 Å². The van der Waals surface area contributed by atoms with E-state index in [4.69, 9.17) is 10.5 Å². The predicted octanol–water partition coefficient (Wildman–Crippen LogP) is 2.49. The van der Waals surface area contributed by atoms with Crippen molar-refractivity contribution in [2.45, 2.75) is 40.0 Å². The first kappa shape index (κ1) is 14.0. The fraction of sp³-hybridized carbons (Fsp3) is 0.846. The monoisotopic (exact) mass is 237 g/mol. The summed E-state index contributed by atoms with van der Waals surface area (Å²) >= 11 is 0. The third-order valence-corrected chi connectivity index (χ3v) is 3.49. The summed E-state index contributed by atoms with van der Waals surface area (Å²) in [5.74, 6) is 0.345. The molecule has 0 aromatic heterocycles. The molecule has 0 aromatic carbocycles. The normalized spacial score (nSPS) is 24.8. The van der Waals surface area contributed by atoms with Crippen molar-refractivity contribution in [3.63, 3.8) is 0 Å². The summed E-state index contributed by atoms with van der Waals surface area (Å²) in [5, 5.41) is 21.1. The number of nitriles is 1. The van der Waals surface area contributed by atoms with Crippen molar-refractivity contribution in [1.29, 1.82) is 5.26 Å². The Hall–Kier alpha value is -1.08. The number of nitrogens with zero attached hydrogens (tertiary/aromatic N) is 3. The molecule has 1 saturated heterocycles. The number of piperidine rings is 1. The molecule has 1 rings (SSSR count). The van der Waals surface area contributed by atoms with Crippen molar-refractivity contribution in [3.8, 4) is 6.07 Å². The molecule has 0 aromatic rings. The third-order valence-electron chi connectivity index (χ3n) is 3.49. The quantitative estimate of drug-likeness (QED) is 0.603. The molecule has 1 heterocycles. The average molecular weight is 237 g/mol. The zero-order chi connectivity index (χ0) is 12.9. The van der Waals surface area contributed by atoms with Crippen LogP contribution in [0.4, 0.5) is 0 Å². The number of rotatable bonds is 4. The van der Waals surface area contributed by atoms with Crippen molar-refractivity contribution in [2.24, 2.45) is 16.5 Å². The SMILES string of the molecule is CC1CN(CCCC(C)(C)C#N)CCC1=NO. The van der Waals surface area contributed by atoms with Crippen molar-refractivity contribution in [3.05, 3.63) is 0 Å². The second kappa shape index (κ2) is 6.02. The van der Waals surface area contributed by atoms with Crippen LogP contribution in [0.15, 0.2) is 5.16 Å².